The standard InChI is InChI=1S/C9H9NO3S/c10-9(14)6-1-3-7(4-2-6)13-5-8(11)12/h1-4H,5H2,(H2,10,14)(H,11,12). The van der Waals surface area contributed by atoms with Crippen LogP contribution in [-0.2, 0) is 4.79 Å². The van der Waals surface area contributed by atoms with Crippen LogP contribution in [0.4, 0.5) is 0 Å². The number of nitrogens with two attached hydrogens (primary N) is 1. The number of benzene rings is 1. The lowest BCUT2D eigenvalue weighted by atomic mass is 10.2. The molecule has 5 heteroatoms. The van der Waals surface area contributed by atoms with Crippen LogP contribution in [0.5, 0.6) is 5.75 Å². The van der Waals surface area contributed by atoms with Gasteiger partial charge in [-0.25, -0.2) is 4.79 Å². The van der Waals surface area contributed by atoms with Crippen molar-refractivity contribution in [1.82, 2.24) is 0 Å². The van der Waals surface area contributed by atoms with Crippen molar-refractivity contribution in [2.24, 2.45) is 5.73 Å². The Balaban J connectivity index is 2.64. The first-order valence-corrected chi connectivity index (χ1v) is 4.25. The molecule has 0 aliphatic rings. The van der Waals surface area contributed by atoms with Crippen LogP contribution < -0.4 is 10.5 Å². The highest BCUT2D eigenvalue weighted by atomic mass is 32.1. The number of carboxylic acid groups (broad SMARTS) is 1. The second kappa shape index (κ2) is 4.57. The zero-order valence-corrected chi connectivity index (χ0v) is 8.08. The predicted octanol–water partition coefficient (Wildman–Crippen LogP) is 0.784. The lowest BCUT2D eigenvalue weighted by Crippen LogP contribution is -2.11. The summed E-state index contributed by atoms with van der Waals surface area (Å²) in [5, 5.41) is 8.35. The average Bonchev–Trinajstić information content (AvgIpc) is 2.15. The van der Waals surface area contributed by atoms with E-state index in [1.165, 1.54) is 0 Å². The molecule has 4 nitrogen and oxygen atoms in total. The lowest BCUT2D eigenvalue weighted by molar-refractivity contribution is -0.139. The Morgan fingerprint density at radius 1 is 1.43 bits per heavy atom. The van der Waals surface area contributed by atoms with Gasteiger partial charge in [0.15, 0.2) is 6.61 Å². The van der Waals surface area contributed by atoms with Crippen molar-refractivity contribution in [3.63, 3.8) is 0 Å². The summed E-state index contributed by atoms with van der Waals surface area (Å²) in [6, 6.07) is 6.61. The molecule has 1 aromatic carbocycles. The molecule has 0 saturated carbocycles. The van der Waals surface area contributed by atoms with Crippen LogP contribution in [0, 0.1) is 0 Å². The SMILES string of the molecule is NC(=S)c1ccc(OCC(=O)O)cc1. The van der Waals surface area contributed by atoms with Crippen LogP contribution in [-0.4, -0.2) is 22.7 Å². The molecule has 1 aromatic rings. The van der Waals surface area contributed by atoms with E-state index in [2.05, 4.69) is 0 Å². The fourth-order valence-corrected chi connectivity index (χ4v) is 0.997. The minimum absolute atomic E-state index is 0.301. The highest BCUT2D eigenvalue weighted by Crippen LogP contribution is 2.11. The van der Waals surface area contributed by atoms with Gasteiger partial charge in [0.05, 0.1) is 0 Å². The Kier molecular flexibility index (Phi) is 3.41. The summed E-state index contributed by atoms with van der Waals surface area (Å²) in [6.07, 6.45) is 0. The first kappa shape index (κ1) is 10.5. The molecule has 0 amide bonds. The van der Waals surface area contributed by atoms with Gasteiger partial charge in [-0.05, 0) is 24.3 Å². The zero-order chi connectivity index (χ0) is 10.6. The van der Waals surface area contributed by atoms with E-state index in [-0.39, 0.29) is 6.61 Å². The Morgan fingerprint density at radius 3 is 2.43 bits per heavy atom. The van der Waals surface area contributed by atoms with Gasteiger partial charge in [-0.15, -0.1) is 0 Å². The smallest absolute Gasteiger partial charge is 0.341 e. The minimum Gasteiger partial charge on any atom is -0.482 e. The van der Waals surface area contributed by atoms with E-state index in [1.54, 1.807) is 24.3 Å². The second-order valence-electron chi connectivity index (χ2n) is 2.57. The zero-order valence-electron chi connectivity index (χ0n) is 7.27. The number of carbonyl (C=O) groups is 1. The number of carboxylic acids is 1. The number of hydrogen-bond acceptors (Lipinski definition) is 3. The van der Waals surface area contributed by atoms with Crippen molar-refractivity contribution in [1.29, 1.82) is 0 Å². The van der Waals surface area contributed by atoms with Gasteiger partial charge < -0.3 is 15.6 Å². The molecule has 0 aromatic heterocycles. The van der Waals surface area contributed by atoms with Gasteiger partial charge in [-0.1, -0.05) is 12.2 Å². The summed E-state index contributed by atoms with van der Waals surface area (Å²) >= 11 is 4.75. The van der Waals surface area contributed by atoms with Crippen LogP contribution in [0.25, 0.3) is 0 Å². The van der Waals surface area contributed by atoms with E-state index in [9.17, 15) is 4.79 Å². The topological polar surface area (TPSA) is 72.5 Å². The summed E-state index contributed by atoms with van der Waals surface area (Å²) in [6.45, 7) is -0.355. The van der Waals surface area contributed by atoms with Crippen molar-refractivity contribution in [3.05, 3.63) is 29.8 Å². The number of rotatable bonds is 4. The molecule has 1 rings (SSSR count). The maximum Gasteiger partial charge on any atom is 0.341 e. The van der Waals surface area contributed by atoms with E-state index < -0.39 is 5.97 Å². The third-order valence-corrected chi connectivity index (χ3v) is 1.74. The van der Waals surface area contributed by atoms with Gasteiger partial charge in [0.1, 0.15) is 10.7 Å². The number of thiocarbonyl (C=S) groups is 1. The van der Waals surface area contributed by atoms with Gasteiger partial charge in [-0.3, -0.25) is 0 Å². The number of hydrogen-bond donors (Lipinski definition) is 2. The van der Waals surface area contributed by atoms with E-state index in [0.717, 1.165) is 5.56 Å². The molecule has 0 atom stereocenters. The molecule has 0 fully saturated rings. The van der Waals surface area contributed by atoms with Crippen LogP contribution in [0.2, 0.25) is 0 Å². The predicted molar refractivity (Wildman–Crippen MR) is 55.5 cm³/mol. The summed E-state index contributed by atoms with van der Waals surface area (Å²) in [7, 11) is 0. The Bertz CT molecular complexity index is 348. The highest BCUT2D eigenvalue weighted by Gasteiger charge is 2.00. The first-order valence-electron chi connectivity index (χ1n) is 3.84. The maximum atomic E-state index is 10.2. The molecule has 14 heavy (non-hydrogen) atoms. The van der Waals surface area contributed by atoms with Crippen LogP contribution in [0.15, 0.2) is 24.3 Å². The van der Waals surface area contributed by atoms with Crippen LogP contribution in [0.3, 0.4) is 0 Å². The molecule has 0 aliphatic heterocycles. The van der Waals surface area contributed by atoms with E-state index >= 15 is 0 Å². The summed E-state index contributed by atoms with van der Waals surface area (Å²) < 4.78 is 4.92. The molecular formula is C9H9NO3S. The van der Waals surface area contributed by atoms with Gasteiger partial charge in [0.2, 0.25) is 0 Å². The molecule has 0 spiro atoms. The van der Waals surface area contributed by atoms with Crippen molar-refractivity contribution in [2.75, 3.05) is 6.61 Å². The van der Waals surface area contributed by atoms with Gasteiger partial charge >= 0.3 is 5.97 Å². The maximum absolute atomic E-state index is 10.2. The summed E-state index contributed by atoms with van der Waals surface area (Å²) in [4.78, 5) is 10.5. The van der Waals surface area contributed by atoms with Crippen LogP contribution in [0.1, 0.15) is 5.56 Å². The Hall–Kier alpha value is -1.62. The van der Waals surface area contributed by atoms with Crippen LogP contribution >= 0.6 is 12.2 Å². The van der Waals surface area contributed by atoms with Gasteiger partial charge in [0, 0.05) is 5.56 Å². The highest BCUT2D eigenvalue weighted by molar-refractivity contribution is 7.80. The average molecular weight is 211 g/mol. The molecule has 0 unspecified atom stereocenters. The fraction of sp³-hybridized carbons (Fsp3) is 0.111. The molecule has 0 heterocycles. The Labute approximate surface area is 86.3 Å². The largest absolute Gasteiger partial charge is 0.482 e. The van der Waals surface area contributed by atoms with E-state index in [1.807, 2.05) is 0 Å². The normalized spacial score (nSPS) is 9.43. The van der Waals surface area contributed by atoms with Crippen molar-refractivity contribution in [2.45, 2.75) is 0 Å². The van der Waals surface area contributed by atoms with Gasteiger partial charge in [0.25, 0.3) is 0 Å². The molecule has 0 bridgehead atoms. The van der Waals surface area contributed by atoms with E-state index in [4.69, 9.17) is 27.8 Å². The summed E-state index contributed by atoms with van der Waals surface area (Å²) in [5.41, 5.74) is 6.11. The first-order chi connectivity index (χ1) is 6.59. The van der Waals surface area contributed by atoms with Crippen molar-refractivity contribution < 1.29 is 14.6 Å². The lowest BCUT2D eigenvalue weighted by Gasteiger charge is -2.03. The molecule has 3 N–H and O–H groups in total. The third-order valence-electron chi connectivity index (χ3n) is 1.50. The molecule has 0 radical (unpaired) electrons. The summed E-state index contributed by atoms with van der Waals surface area (Å²) in [5.74, 6) is -0.532. The fourth-order valence-electron chi connectivity index (χ4n) is 0.860. The quantitative estimate of drug-likeness (QED) is 0.720. The third kappa shape index (κ3) is 3.02. The number of aliphatic carboxylic acids is 1. The van der Waals surface area contributed by atoms with E-state index in [0.29, 0.717) is 10.7 Å². The minimum atomic E-state index is -1.01. The molecule has 74 valence electrons. The van der Waals surface area contributed by atoms with Crippen molar-refractivity contribution >= 4 is 23.2 Å². The molecule has 0 aliphatic carbocycles. The Morgan fingerprint density at radius 2 is 2.00 bits per heavy atom. The van der Waals surface area contributed by atoms with Crippen molar-refractivity contribution in [3.8, 4) is 5.75 Å². The molecule has 0 saturated heterocycles. The van der Waals surface area contributed by atoms with Gasteiger partial charge in [-0.2, -0.15) is 0 Å². The monoisotopic (exact) mass is 211 g/mol. The second-order valence-corrected chi connectivity index (χ2v) is 3.01. The number of ether oxygens (including phenoxy) is 1. The molecular weight excluding hydrogens is 202 g/mol.